The lowest BCUT2D eigenvalue weighted by atomic mass is 10.2. The summed E-state index contributed by atoms with van der Waals surface area (Å²) >= 11 is 0. The summed E-state index contributed by atoms with van der Waals surface area (Å²) in [5.74, 6) is 1.08. The largest absolute Gasteiger partial charge is 0.337 e. The molecule has 1 fully saturated rings. The van der Waals surface area contributed by atoms with E-state index in [2.05, 4.69) is 4.98 Å². The molecule has 110 valence electrons. The standard InChI is InChI=1S/C11H20N4O2S.ClH/c1-8-13-11(7-14(8)2)18(16,17)15(3)10(6-12)9-4-5-9;/h7,9-10H,4-6,12H2,1-3H3;1H. The molecular formula is C11H21ClN4O2S. The summed E-state index contributed by atoms with van der Waals surface area (Å²) in [4.78, 5) is 4.09. The number of halogens is 1. The highest BCUT2D eigenvalue weighted by Gasteiger charge is 2.38. The van der Waals surface area contributed by atoms with Crippen molar-refractivity contribution in [3.8, 4) is 0 Å². The molecule has 2 N–H and O–H groups in total. The first kappa shape index (κ1) is 16.4. The Labute approximate surface area is 120 Å². The lowest BCUT2D eigenvalue weighted by Gasteiger charge is -2.25. The van der Waals surface area contributed by atoms with E-state index >= 15 is 0 Å². The number of imidazole rings is 1. The van der Waals surface area contributed by atoms with E-state index in [0.717, 1.165) is 12.8 Å². The van der Waals surface area contributed by atoms with Crippen LogP contribution in [0.1, 0.15) is 18.7 Å². The molecule has 1 saturated carbocycles. The second kappa shape index (κ2) is 5.78. The van der Waals surface area contributed by atoms with Gasteiger partial charge in [0.25, 0.3) is 10.0 Å². The summed E-state index contributed by atoms with van der Waals surface area (Å²) in [7, 11) is -0.163. The Morgan fingerprint density at radius 1 is 1.58 bits per heavy atom. The van der Waals surface area contributed by atoms with E-state index in [1.807, 2.05) is 0 Å². The molecule has 0 bridgehead atoms. The number of aromatic nitrogens is 2. The van der Waals surface area contributed by atoms with Crippen molar-refractivity contribution in [3.05, 3.63) is 12.0 Å². The topological polar surface area (TPSA) is 81.2 Å². The van der Waals surface area contributed by atoms with Gasteiger partial charge in [0, 0.05) is 32.9 Å². The fourth-order valence-electron chi connectivity index (χ4n) is 2.10. The zero-order valence-electron chi connectivity index (χ0n) is 11.4. The van der Waals surface area contributed by atoms with Gasteiger partial charge in [0.15, 0.2) is 5.03 Å². The van der Waals surface area contributed by atoms with Gasteiger partial charge in [-0.25, -0.2) is 13.4 Å². The number of nitrogens with two attached hydrogens (primary N) is 1. The average Bonchev–Trinajstić information content (AvgIpc) is 3.07. The van der Waals surface area contributed by atoms with Crippen LogP contribution in [0.5, 0.6) is 0 Å². The fourth-order valence-corrected chi connectivity index (χ4v) is 3.54. The number of hydrogen-bond acceptors (Lipinski definition) is 4. The molecule has 0 radical (unpaired) electrons. The summed E-state index contributed by atoms with van der Waals surface area (Å²) < 4.78 is 27.9. The predicted octanol–water partition coefficient (Wildman–Crippen LogP) is 0.508. The lowest BCUT2D eigenvalue weighted by Crippen LogP contribution is -2.43. The Kier molecular flexibility index (Phi) is 5.00. The van der Waals surface area contributed by atoms with Crippen LogP contribution in [0.2, 0.25) is 0 Å². The van der Waals surface area contributed by atoms with E-state index in [9.17, 15) is 8.42 Å². The summed E-state index contributed by atoms with van der Waals surface area (Å²) in [6.45, 7) is 2.13. The SMILES string of the molecule is Cc1nc(S(=O)(=O)N(C)C(CN)C2CC2)cn1C.Cl. The van der Waals surface area contributed by atoms with Gasteiger partial charge >= 0.3 is 0 Å². The van der Waals surface area contributed by atoms with Crippen molar-refractivity contribution in [1.82, 2.24) is 13.9 Å². The van der Waals surface area contributed by atoms with E-state index in [4.69, 9.17) is 5.73 Å². The van der Waals surface area contributed by atoms with Gasteiger partial charge in [-0.05, 0) is 25.7 Å². The number of aryl methyl sites for hydroxylation is 2. The highest BCUT2D eigenvalue weighted by atomic mass is 35.5. The maximum atomic E-state index is 12.4. The molecule has 8 heteroatoms. The first-order valence-corrected chi connectivity index (χ1v) is 7.50. The molecule has 1 unspecified atom stereocenters. The average molecular weight is 309 g/mol. The van der Waals surface area contributed by atoms with Gasteiger partial charge in [-0.1, -0.05) is 0 Å². The van der Waals surface area contributed by atoms with Crippen molar-refractivity contribution in [2.75, 3.05) is 13.6 Å². The van der Waals surface area contributed by atoms with E-state index in [-0.39, 0.29) is 23.5 Å². The molecule has 1 aliphatic rings. The Morgan fingerprint density at radius 2 is 2.16 bits per heavy atom. The number of likely N-dealkylation sites (N-methyl/N-ethyl adjacent to an activating group) is 1. The van der Waals surface area contributed by atoms with Crippen molar-refractivity contribution in [2.24, 2.45) is 18.7 Å². The minimum atomic E-state index is -3.54. The number of sulfonamides is 1. The summed E-state index contributed by atoms with van der Waals surface area (Å²) in [5, 5.41) is 0.101. The number of rotatable bonds is 5. The second-order valence-corrected chi connectivity index (χ2v) is 6.84. The third-order valence-electron chi connectivity index (χ3n) is 3.60. The van der Waals surface area contributed by atoms with Crippen LogP contribution in [0.4, 0.5) is 0 Å². The van der Waals surface area contributed by atoms with Crippen LogP contribution in [0.3, 0.4) is 0 Å². The highest BCUT2D eigenvalue weighted by molar-refractivity contribution is 7.89. The smallest absolute Gasteiger partial charge is 0.262 e. The van der Waals surface area contributed by atoms with Gasteiger partial charge in [0.05, 0.1) is 0 Å². The van der Waals surface area contributed by atoms with Gasteiger partial charge in [-0.3, -0.25) is 0 Å². The third-order valence-corrected chi connectivity index (χ3v) is 5.36. The summed E-state index contributed by atoms with van der Waals surface area (Å²) in [6, 6.07) is -0.114. The molecule has 2 rings (SSSR count). The number of hydrogen-bond donors (Lipinski definition) is 1. The van der Waals surface area contributed by atoms with Crippen LogP contribution in [0.25, 0.3) is 0 Å². The highest BCUT2D eigenvalue weighted by Crippen LogP contribution is 2.36. The van der Waals surface area contributed by atoms with Crippen LogP contribution in [-0.4, -0.2) is 41.9 Å². The van der Waals surface area contributed by atoms with Gasteiger partial charge in [-0.2, -0.15) is 4.31 Å². The summed E-state index contributed by atoms with van der Waals surface area (Å²) in [5.41, 5.74) is 5.69. The monoisotopic (exact) mass is 308 g/mol. The van der Waals surface area contributed by atoms with Crippen molar-refractivity contribution < 1.29 is 8.42 Å². The van der Waals surface area contributed by atoms with Gasteiger partial charge in [-0.15, -0.1) is 12.4 Å². The van der Waals surface area contributed by atoms with Crippen LogP contribution in [0, 0.1) is 12.8 Å². The molecule has 1 aliphatic carbocycles. The molecular weight excluding hydrogens is 288 g/mol. The first-order valence-electron chi connectivity index (χ1n) is 6.06. The third kappa shape index (κ3) is 3.10. The number of nitrogens with zero attached hydrogens (tertiary/aromatic N) is 3. The van der Waals surface area contributed by atoms with Gasteiger partial charge in [0.2, 0.25) is 0 Å². The molecule has 6 nitrogen and oxygen atoms in total. The first-order chi connectivity index (χ1) is 8.37. The van der Waals surface area contributed by atoms with E-state index < -0.39 is 10.0 Å². The fraction of sp³-hybridized carbons (Fsp3) is 0.727. The molecule has 19 heavy (non-hydrogen) atoms. The molecule has 0 amide bonds. The maximum absolute atomic E-state index is 12.4. The molecule has 1 heterocycles. The Morgan fingerprint density at radius 3 is 2.53 bits per heavy atom. The Hall–Kier alpha value is -0.630. The zero-order chi connectivity index (χ0) is 13.5. The quantitative estimate of drug-likeness (QED) is 0.859. The van der Waals surface area contributed by atoms with Crippen molar-refractivity contribution >= 4 is 22.4 Å². The molecule has 0 aromatic carbocycles. The normalized spacial score (nSPS) is 17.3. The lowest BCUT2D eigenvalue weighted by molar-refractivity contribution is 0.339. The Bertz CT molecular complexity index is 519. The molecule has 0 saturated heterocycles. The predicted molar refractivity (Wildman–Crippen MR) is 75.7 cm³/mol. The van der Waals surface area contributed by atoms with Crippen molar-refractivity contribution in [3.63, 3.8) is 0 Å². The minimum Gasteiger partial charge on any atom is -0.337 e. The molecule has 0 aliphatic heterocycles. The van der Waals surface area contributed by atoms with Gasteiger partial charge in [0.1, 0.15) is 5.82 Å². The van der Waals surface area contributed by atoms with E-state index in [1.54, 1.807) is 31.8 Å². The molecule has 1 aromatic heterocycles. The van der Waals surface area contributed by atoms with Gasteiger partial charge < -0.3 is 10.3 Å². The minimum absolute atomic E-state index is 0. The van der Waals surface area contributed by atoms with E-state index in [1.165, 1.54) is 4.31 Å². The van der Waals surface area contributed by atoms with Crippen LogP contribution >= 0.6 is 12.4 Å². The van der Waals surface area contributed by atoms with Crippen LogP contribution < -0.4 is 5.73 Å². The molecule has 1 aromatic rings. The summed E-state index contributed by atoms with van der Waals surface area (Å²) in [6.07, 6.45) is 3.66. The van der Waals surface area contributed by atoms with E-state index in [0.29, 0.717) is 18.3 Å². The molecule has 0 spiro atoms. The second-order valence-electron chi connectivity index (χ2n) is 4.90. The zero-order valence-corrected chi connectivity index (χ0v) is 13.0. The Balaban J connectivity index is 0.00000180. The van der Waals surface area contributed by atoms with Crippen LogP contribution in [0.15, 0.2) is 11.2 Å². The molecule has 1 atom stereocenters. The van der Waals surface area contributed by atoms with Crippen molar-refractivity contribution in [1.29, 1.82) is 0 Å². The van der Waals surface area contributed by atoms with Crippen LogP contribution in [-0.2, 0) is 17.1 Å². The maximum Gasteiger partial charge on any atom is 0.262 e. The van der Waals surface area contributed by atoms with Crippen molar-refractivity contribution in [2.45, 2.75) is 30.8 Å².